The second kappa shape index (κ2) is 6.08. The average molecular weight is 264 g/mol. The first-order valence-electron chi connectivity index (χ1n) is 5.28. The van der Waals surface area contributed by atoms with Crippen molar-refractivity contribution in [1.29, 1.82) is 0 Å². The molecule has 1 aromatic carbocycles. The maximum Gasteiger partial charge on any atom is 0.264 e. The maximum atomic E-state index is 11.6. The van der Waals surface area contributed by atoms with E-state index in [9.17, 15) is 4.79 Å². The van der Waals surface area contributed by atoms with Gasteiger partial charge < -0.3 is 10.5 Å². The number of nitrogens with zero attached hydrogens (tertiary/aromatic N) is 2. The molecule has 18 heavy (non-hydrogen) atoms. The molecule has 0 aliphatic heterocycles. The number of anilines is 1. The van der Waals surface area contributed by atoms with Crippen molar-refractivity contribution in [2.75, 3.05) is 11.9 Å². The fraction of sp³-hybridized carbons (Fsp3) is 0.182. The van der Waals surface area contributed by atoms with Crippen LogP contribution in [0.15, 0.2) is 30.3 Å². The molecule has 0 radical (unpaired) electrons. The molecule has 0 aliphatic rings. The van der Waals surface area contributed by atoms with Crippen molar-refractivity contribution < 1.29 is 9.53 Å². The molecule has 1 aromatic heterocycles. The molecule has 0 saturated heterocycles. The van der Waals surface area contributed by atoms with Gasteiger partial charge in [-0.1, -0.05) is 29.5 Å². The molecule has 1 amide bonds. The first-order chi connectivity index (χ1) is 8.78. The fourth-order valence-corrected chi connectivity index (χ4v) is 1.84. The lowest BCUT2D eigenvalue weighted by atomic mass is 10.3. The molecule has 0 unspecified atom stereocenters. The van der Waals surface area contributed by atoms with Gasteiger partial charge in [0.25, 0.3) is 5.91 Å². The molecule has 3 N–H and O–H groups in total. The van der Waals surface area contributed by atoms with Crippen molar-refractivity contribution in [1.82, 2.24) is 10.2 Å². The number of amides is 1. The third-order valence-electron chi connectivity index (χ3n) is 2.00. The van der Waals surface area contributed by atoms with E-state index in [1.165, 1.54) is 11.3 Å². The Hall–Kier alpha value is -1.99. The maximum absolute atomic E-state index is 11.6. The number of carbonyl (C=O) groups excluding carboxylic acids is 1. The molecule has 6 nitrogen and oxygen atoms in total. The summed E-state index contributed by atoms with van der Waals surface area (Å²) in [4.78, 5) is 11.6. The van der Waals surface area contributed by atoms with Gasteiger partial charge in [-0.3, -0.25) is 10.1 Å². The third-order valence-corrected chi connectivity index (χ3v) is 2.86. The summed E-state index contributed by atoms with van der Waals surface area (Å²) in [5.41, 5.74) is 5.40. The highest BCUT2D eigenvalue weighted by Crippen LogP contribution is 2.14. The quantitative estimate of drug-likeness (QED) is 0.841. The Bertz CT molecular complexity index is 515. The molecular formula is C11H12N4O2S. The zero-order chi connectivity index (χ0) is 12.8. The molecule has 0 atom stereocenters. The van der Waals surface area contributed by atoms with Crippen LogP contribution in [0.2, 0.25) is 0 Å². The number of hydrogen-bond donors (Lipinski definition) is 2. The summed E-state index contributed by atoms with van der Waals surface area (Å²) in [7, 11) is 0. The smallest absolute Gasteiger partial charge is 0.264 e. The Kier molecular flexibility index (Phi) is 4.21. The van der Waals surface area contributed by atoms with Crippen LogP contribution < -0.4 is 15.8 Å². The van der Waals surface area contributed by atoms with E-state index in [2.05, 4.69) is 15.5 Å². The van der Waals surface area contributed by atoms with Crippen molar-refractivity contribution in [3.05, 3.63) is 35.3 Å². The van der Waals surface area contributed by atoms with Crippen molar-refractivity contribution in [3.63, 3.8) is 0 Å². The topological polar surface area (TPSA) is 90.1 Å². The molecule has 0 fully saturated rings. The molecule has 1 heterocycles. The van der Waals surface area contributed by atoms with Gasteiger partial charge in [-0.2, -0.15) is 0 Å². The summed E-state index contributed by atoms with van der Waals surface area (Å²) < 4.78 is 5.29. The normalized spacial score (nSPS) is 10.1. The zero-order valence-corrected chi connectivity index (χ0v) is 10.3. The van der Waals surface area contributed by atoms with Crippen LogP contribution in [0.3, 0.4) is 0 Å². The summed E-state index contributed by atoms with van der Waals surface area (Å²) >= 11 is 1.25. The SMILES string of the molecule is NCc1nnc(NC(=O)COc2ccccc2)s1. The monoisotopic (exact) mass is 264 g/mol. The van der Waals surface area contributed by atoms with Crippen molar-refractivity contribution >= 4 is 22.4 Å². The molecule has 7 heteroatoms. The van der Waals surface area contributed by atoms with E-state index in [1.807, 2.05) is 18.2 Å². The Morgan fingerprint density at radius 1 is 1.33 bits per heavy atom. The lowest BCUT2D eigenvalue weighted by Gasteiger charge is -2.04. The fourth-order valence-electron chi connectivity index (χ4n) is 1.21. The number of aromatic nitrogens is 2. The van der Waals surface area contributed by atoms with Crippen LogP contribution in [-0.2, 0) is 11.3 Å². The number of benzene rings is 1. The number of carbonyl (C=O) groups is 1. The van der Waals surface area contributed by atoms with Gasteiger partial charge in [-0.15, -0.1) is 10.2 Å². The van der Waals surface area contributed by atoms with Gasteiger partial charge in [-0.25, -0.2) is 0 Å². The van der Waals surface area contributed by atoms with Gasteiger partial charge in [0, 0.05) is 6.54 Å². The number of nitrogens with two attached hydrogens (primary N) is 1. The second-order valence-electron chi connectivity index (χ2n) is 3.35. The summed E-state index contributed by atoms with van der Waals surface area (Å²) in [5.74, 6) is 0.367. The molecule has 94 valence electrons. The van der Waals surface area contributed by atoms with Crippen LogP contribution >= 0.6 is 11.3 Å². The highest BCUT2D eigenvalue weighted by molar-refractivity contribution is 7.15. The molecule has 0 spiro atoms. The van der Waals surface area contributed by atoms with Crippen LogP contribution in [0.1, 0.15) is 5.01 Å². The van der Waals surface area contributed by atoms with Gasteiger partial charge >= 0.3 is 0 Å². The van der Waals surface area contributed by atoms with Crippen molar-refractivity contribution in [2.24, 2.45) is 5.73 Å². The lowest BCUT2D eigenvalue weighted by Crippen LogP contribution is -2.20. The highest BCUT2D eigenvalue weighted by atomic mass is 32.1. The van der Waals surface area contributed by atoms with E-state index < -0.39 is 0 Å². The van der Waals surface area contributed by atoms with E-state index in [4.69, 9.17) is 10.5 Å². The lowest BCUT2D eigenvalue weighted by molar-refractivity contribution is -0.118. The Morgan fingerprint density at radius 2 is 2.11 bits per heavy atom. The third kappa shape index (κ3) is 3.51. The summed E-state index contributed by atoms with van der Waals surface area (Å²) in [6, 6.07) is 9.12. The van der Waals surface area contributed by atoms with Crippen LogP contribution in [0.4, 0.5) is 5.13 Å². The minimum absolute atomic E-state index is 0.0679. The van der Waals surface area contributed by atoms with E-state index in [-0.39, 0.29) is 12.5 Å². The highest BCUT2D eigenvalue weighted by Gasteiger charge is 2.07. The van der Waals surface area contributed by atoms with Crippen molar-refractivity contribution in [3.8, 4) is 5.75 Å². The number of rotatable bonds is 5. The van der Waals surface area contributed by atoms with Gasteiger partial charge in [0.15, 0.2) is 6.61 Å². The zero-order valence-electron chi connectivity index (χ0n) is 9.50. The number of hydrogen-bond acceptors (Lipinski definition) is 6. The Labute approximate surface area is 108 Å². The van der Waals surface area contributed by atoms with Crippen LogP contribution in [-0.4, -0.2) is 22.7 Å². The number of nitrogens with one attached hydrogen (secondary N) is 1. The van der Waals surface area contributed by atoms with Crippen LogP contribution in [0, 0.1) is 0 Å². The number of ether oxygens (including phenoxy) is 1. The van der Waals surface area contributed by atoms with Gasteiger partial charge in [0.2, 0.25) is 5.13 Å². The van der Waals surface area contributed by atoms with E-state index >= 15 is 0 Å². The summed E-state index contributed by atoms with van der Waals surface area (Å²) in [6.45, 7) is 0.246. The van der Waals surface area contributed by atoms with Crippen LogP contribution in [0.25, 0.3) is 0 Å². The first kappa shape index (κ1) is 12.5. The minimum Gasteiger partial charge on any atom is -0.484 e. The molecule has 0 bridgehead atoms. The largest absolute Gasteiger partial charge is 0.484 e. The number of para-hydroxylation sites is 1. The molecule has 0 aliphatic carbocycles. The van der Waals surface area contributed by atoms with Gasteiger partial charge in [0.05, 0.1) is 0 Å². The second-order valence-corrected chi connectivity index (χ2v) is 4.42. The van der Waals surface area contributed by atoms with E-state index in [0.717, 1.165) is 0 Å². The first-order valence-corrected chi connectivity index (χ1v) is 6.09. The average Bonchev–Trinajstić information content (AvgIpc) is 2.85. The van der Waals surface area contributed by atoms with Gasteiger partial charge in [-0.05, 0) is 12.1 Å². The Morgan fingerprint density at radius 3 is 2.78 bits per heavy atom. The molecule has 2 aromatic rings. The predicted molar refractivity (Wildman–Crippen MR) is 68.4 cm³/mol. The van der Waals surface area contributed by atoms with Gasteiger partial charge in [0.1, 0.15) is 10.8 Å². The minimum atomic E-state index is -0.279. The molecular weight excluding hydrogens is 252 g/mol. The van der Waals surface area contributed by atoms with E-state index in [1.54, 1.807) is 12.1 Å². The summed E-state index contributed by atoms with van der Waals surface area (Å²) in [6.07, 6.45) is 0. The van der Waals surface area contributed by atoms with Crippen LogP contribution in [0.5, 0.6) is 5.75 Å². The molecule has 2 rings (SSSR count). The van der Waals surface area contributed by atoms with E-state index in [0.29, 0.717) is 22.4 Å². The standard InChI is InChI=1S/C11H12N4O2S/c12-6-10-14-15-11(18-10)13-9(16)7-17-8-4-2-1-3-5-8/h1-5H,6-7,12H2,(H,13,15,16). The predicted octanol–water partition coefficient (Wildman–Crippen LogP) is 1.01. The van der Waals surface area contributed by atoms with Crippen molar-refractivity contribution in [2.45, 2.75) is 6.54 Å². The summed E-state index contributed by atoms with van der Waals surface area (Å²) in [5, 5.41) is 11.3. The molecule has 0 saturated carbocycles. The Balaban J connectivity index is 1.82.